The summed E-state index contributed by atoms with van der Waals surface area (Å²) in [5.74, 6) is -0.922. The van der Waals surface area contributed by atoms with E-state index in [1.54, 1.807) is 0 Å². The first-order valence-corrected chi connectivity index (χ1v) is 11.0. The highest BCUT2D eigenvalue weighted by atomic mass is 32.2. The normalized spacial score (nSPS) is 16.2. The molecule has 1 aliphatic rings. The average Bonchev–Trinajstić information content (AvgIpc) is 2.87. The smallest absolute Gasteiger partial charge is 0.325 e. The van der Waals surface area contributed by atoms with E-state index in [2.05, 4.69) is 10.6 Å². The van der Waals surface area contributed by atoms with E-state index in [4.69, 9.17) is 0 Å². The molecule has 0 spiro atoms. The molecule has 0 radical (unpaired) electrons. The number of anilines is 1. The number of nitrogens with one attached hydrogen (secondary N) is 2. The number of urea groups is 1. The van der Waals surface area contributed by atoms with Crippen LogP contribution in [0.15, 0.2) is 29.2 Å². The van der Waals surface area contributed by atoms with Crippen LogP contribution in [0.5, 0.6) is 0 Å². The van der Waals surface area contributed by atoms with Crippen LogP contribution in [0, 0.1) is 0 Å². The highest BCUT2D eigenvalue weighted by Crippen LogP contribution is 2.28. The fourth-order valence-electron chi connectivity index (χ4n) is 3.40. The highest BCUT2D eigenvalue weighted by Gasteiger charge is 2.50. The molecule has 1 fully saturated rings. The molecule has 1 aliphatic heterocycles. The Hall–Kier alpha value is -2.46. The summed E-state index contributed by atoms with van der Waals surface area (Å²) in [5.41, 5.74) is -0.573. The van der Waals surface area contributed by atoms with Crippen molar-refractivity contribution in [3.05, 3.63) is 24.3 Å². The van der Waals surface area contributed by atoms with Crippen molar-refractivity contribution in [2.45, 2.75) is 50.0 Å². The molecule has 0 unspecified atom stereocenters. The zero-order valence-corrected chi connectivity index (χ0v) is 18.0. The minimum Gasteiger partial charge on any atom is -0.325 e. The Labute approximate surface area is 171 Å². The summed E-state index contributed by atoms with van der Waals surface area (Å²) >= 11 is 0. The third-order valence-corrected chi connectivity index (χ3v) is 6.65. The summed E-state index contributed by atoms with van der Waals surface area (Å²) in [4.78, 5) is 38.5. The van der Waals surface area contributed by atoms with Crippen LogP contribution in [-0.4, -0.2) is 61.6 Å². The van der Waals surface area contributed by atoms with Gasteiger partial charge in [0.15, 0.2) is 0 Å². The maximum Gasteiger partial charge on any atom is 0.325 e. The lowest BCUT2D eigenvalue weighted by atomic mass is 9.88. The number of imide groups is 1. The van der Waals surface area contributed by atoms with Crippen molar-refractivity contribution in [3.63, 3.8) is 0 Å². The van der Waals surface area contributed by atoms with Gasteiger partial charge in [-0.3, -0.25) is 14.5 Å². The van der Waals surface area contributed by atoms with Crippen molar-refractivity contribution in [3.8, 4) is 0 Å². The number of amides is 4. The molecule has 0 saturated carbocycles. The molecule has 0 aliphatic carbocycles. The van der Waals surface area contributed by atoms with E-state index in [0.717, 1.165) is 22.0 Å². The molecule has 0 aromatic heterocycles. The number of sulfonamides is 1. The first-order valence-electron chi connectivity index (χ1n) is 9.54. The predicted octanol–water partition coefficient (Wildman–Crippen LogP) is 1.77. The molecule has 29 heavy (non-hydrogen) atoms. The maximum absolute atomic E-state index is 12.8. The number of rotatable bonds is 9. The predicted molar refractivity (Wildman–Crippen MR) is 109 cm³/mol. The summed E-state index contributed by atoms with van der Waals surface area (Å²) in [6, 6.07) is 5.11. The second kappa shape index (κ2) is 8.91. The van der Waals surface area contributed by atoms with Crippen LogP contribution in [0.4, 0.5) is 10.5 Å². The molecular weight excluding hydrogens is 396 g/mol. The van der Waals surface area contributed by atoms with E-state index in [-0.39, 0.29) is 10.8 Å². The molecule has 9 nitrogen and oxygen atoms in total. The van der Waals surface area contributed by atoms with Gasteiger partial charge < -0.3 is 10.6 Å². The largest absolute Gasteiger partial charge is 0.325 e. The molecule has 0 atom stereocenters. The molecule has 1 saturated heterocycles. The molecule has 4 amide bonds. The summed E-state index contributed by atoms with van der Waals surface area (Å²) in [5, 5.41) is 5.35. The zero-order valence-electron chi connectivity index (χ0n) is 17.2. The molecule has 2 N–H and O–H groups in total. The lowest BCUT2D eigenvalue weighted by Gasteiger charge is -2.25. The van der Waals surface area contributed by atoms with Crippen LogP contribution in [0.2, 0.25) is 0 Å². The summed E-state index contributed by atoms with van der Waals surface area (Å²) in [7, 11) is -0.703. The first-order chi connectivity index (χ1) is 13.6. The fourth-order valence-corrected chi connectivity index (χ4v) is 4.30. The number of nitrogens with zero attached hydrogens (tertiary/aromatic N) is 2. The Morgan fingerprint density at radius 2 is 1.66 bits per heavy atom. The van der Waals surface area contributed by atoms with Crippen LogP contribution in [0.25, 0.3) is 0 Å². The Balaban J connectivity index is 2.07. The summed E-state index contributed by atoms with van der Waals surface area (Å²) < 4.78 is 25.3. The molecule has 0 bridgehead atoms. The van der Waals surface area contributed by atoms with Gasteiger partial charge in [0.1, 0.15) is 12.1 Å². The third kappa shape index (κ3) is 4.76. The third-order valence-electron chi connectivity index (χ3n) is 4.82. The minimum atomic E-state index is -3.56. The molecule has 160 valence electrons. The average molecular weight is 425 g/mol. The lowest BCUT2D eigenvalue weighted by molar-refractivity contribution is -0.134. The van der Waals surface area contributed by atoms with Gasteiger partial charge in [0.25, 0.3) is 5.91 Å². The molecule has 2 rings (SSSR count). The molecule has 1 aromatic carbocycles. The Morgan fingerprint density at radius 3 is 2.14 bits per heavy atom. The number of hydrogen-bond acceptors (Lipinski definition) is 5. The Kier molecular flexibility index (Phi) is 7.02. The summed E-state index contributed by atoms with van der Waals surface area (Å²) in [6.07, 6.45) is 2.50. The van der Waals surface area contributed by atoms with Gasteiger partial charge in [0.2, 0.25) is 15.9 Å². The van der Waals surface area contributed by atoms with Crippen LogP contribution < -0.4 is 10.6 Å². The SMILES string of the molecule is CCCC1(CCC)NC(=O)N(CC(=O)Nc2ccc(S(=O)(=O)N(C)C)cc2)C1=O. The first kappa shape index (κ1) is 22.8. The Bertz CT molecular complexity index is 874. The van der Waals surface area contributed by atoms with Gasteiger partial charge in [0, 0.05) is 19.8 Å². The van der Waals surface area contributed by atoms with Gasteiger partial charge >= 0.3 is 6.03 Å². The quantitative estimate of drug-likeness (QED) is 0.586. The van der Waals surface area contributed by atoms with Crippen molar-refractivity contribution < 1.29 is 22.8 Å². The van der Waals surface area contributed by atoms with Crippen molar-refractivity contribution in [1.82, 2.24) is 14.5 Å². The Morgan fingerprint density at radius 1 is 1.10 bits per heavy atom. The van der Waals surface area contributed by atoms with E-state index in [1.165, 1.54) is 38.4 Å². The van der Waals surface area contributed by atoms with Crippen LogP contribution in [0.3, 0.4) is 0 Å². The van der Waals surface area contributed by atoms with E-state index < -0.39 is 34.0 Å². The van der Waals surface area contributed by atoms with Crippen molar-refractivity contribution in [2.75, 3.05) is 26.0 Å². The van der Waals surface area contributed by atoms with E-state index in [9.17, 15) is 22.8 Å². The molecular formula is C19H28N4O5S. The van der Waals surface area contributed by atoms with Crippen LogP contribution in [-0.2, 0) is 19.6 Å². The highest BCUT2D eigenvalue weighted by molar-refractivity contribution is 7.89. The van der Waals surface area contributed by atoms with Crippen LogP contribution in [0.1, 0.15) is 39.5 Å². The van der Waals surface area contributed by atoms with Gasteiger partial charge in [-0.25, -0.2) is 17.5 Å². The van der Waals surface area contributed by atoms with Gasteiger partial charge in [0.05, 0.1) is 4.90 Å². The molecule has 10 heteroatoms. The van der Waals surface area contributed by atoms with Crippen molar-refractivity contribution in [1.29, 1.82) is 0 Å². The van der Waals surface area contributed by atoms with E-state index in [0.29, 0.717) is 18.5 Å². The monoisotopic (exact) mass is 424 g/mol. The fraction of sp³-hybridized carbons (Fsp3) is 0.526. The van der Waals surface area contributed by atoms with E-state index in [1.807, 2.05) is 13.8 Å². The second-order valence-electron chi connectivity index (χ2n) is 7.26. The number of carbonyl (C=O) groups is 3. The van der Waals surface area contributed by atoms with Gasteiger partial charge in [-0.15, -0.1) is 0 Å². The minimum absolute atomic E-state index is 0.0958. The number of carbonyl (C=O) groups excluding carboxylic acids is 3. The van der Waals surface area contributed by atoms with Gasteiger partial charge in [-0.1, -0.05) is 26.7 Å². The maximum atomic E-state index is 12.8. The summed E-state index contributed by atoms with van der Waals surface area (Å²) in [6.45, 7) is 3.47. The van der Waals surface area contributed by atoms with Gasteiger partial charge in [-0.2, -0.15) is 0 Å². The number of hydrogen-bond donors (Lipinski definition) is 2. The van der Waals surface area contributed by atoms with Crippen molar-refractivity contribution >= 4 is 33.6 Å². The standard InChI is InChI=1S/C19H28N4O5S/c1-5-11-19(12-6-2)17(25)23(18(26)21-19)13-16(24)20-14-7-9-15(10-8-14)29(27,28)22(3)4/h7-10H,5-6,11-13H2,1-4H3,(H,20,24)(H,21,26). The lowest BCUT2D eigenvalue weighted by Crippen LogP contribution is -2.47. The van der Waals surface area contributed by atoms with E-state index >= 15 is 0 Å². The zero-order chi connectivity index (χ0) is 21.8. The molecule has 1 aromatic rings. The topological polar surface area (TPSA) is 116 Å². The van der Waals surface area contributed by atoms with Crippen LogP contribution >= 0.6 is 0 Å². The molecule has 1 heterocycles. The van der Waals surface area contributed by atoms with Crippen molar-refractivity contribution in [2.24, 2.45) is 0 Å². The number of benzene rings is 1. The second-order valence-corrected chi connectivity index (χ2v) is 9.42. The van der Waals surface area contributed by atoms with Gasteiger partial charge in [-0.05, 0) is 37.1 Å².